The SMILES string of the molecule is C=CCN(Cc1ccc(N)cc1)C1CCN(C[C@H]2CN(C(=O)C3CCCC3)C[C@]2(O)c2ccccc2)CC1. The number of benzene rings is 2. The maximum atomic E-state index is 13.3. The topological polar surface area (TPSA) is 73.0 Å². The van der Waals surface area contributed by atoms with Crippen molar-refractivity contribution in [3.8, 4) is 0 Å². The van der Waals surface area contributed by atoms with Crippen LogP contribution in [0.25, 0.3) is 0 Å². The second-order valence-electron chi connectivity index (χ2n) is 11.7. The van der Waals surface area contributed by atoms with E-state index in [1.54, 1.807) is 0 Å². The molecule has 6 nitrogen and oxygen atoms in total. The van der Waals surface area contributed by atoms with Crippen LogP contribution in [0.1, 0.15) is 49.7 Å². The van der Waals surface area contributed by atoms with Gasteiger partial charge < -0.3 is 20.6 Å². The smallest absolute Gasteiger partial charge is 0.225 e. The van der Waals surface area contributed by atoms with Gasteiger partial charge in [0.05, 0.1) is 6.54 Å². The van der Waals surface area contributed by atoms with Crippen LogP contribution >= 0.6 is 0 Å². The molecule has 0 spiro atoms. The van der Waals surface area contributed by atoms with E-state index in [2.05, 4.69) is 28.5 Å². The molecule has 2 heterocycles. The molecule has 0 bridgehead atoms. The molecule has 6 heteroatoms. The first kappa shape index (κ1) is 26.9. The fourth-order valence-electron chi connectivity index (χ4n) is 6.91. The van der Waals surface area contributed by atoms with E-state index in [4.69, 9.17) is 5.73 Å². The molecule has 2 aromatic carbocycles. The number of amides is 1. The van der Waals surface area contributed by atoms with Crippen LogP contribution in [0.5, 0.6) is 0 Å². The van der Waals surface area contributed by atoms with Crippen molar-refractivity contribution in [2.24, 2.45) is 11.8 Å². The second-order valence-corrected chi connectivity index (χ2v) is 11.7. The minimum absolute atomic E-state index is 0.00542. The van der Waals surface area contributed by atoms with Crippen molar-refractivity contribution < 1.29 is 9.90 Å². The van der Waals surface area contributed by atoms with E-state index in [0.717, 1.165) is 82.5 Å². The third-order valence-corrected chi connectivity index (χ3v) is 9.12. The molecule has 0 radical (unpaired) electrons. The highest BCUT2D eigenvalue weighted by atomic mass is 16.3. The first-order valence-corrected chi connectivity index (χ1v) is 14.4. The van der Waals surface area contributed by atoms with Crippen LogP contribution in [-0.2, 0) is 16.9 Å². The first-order valence-electron chi connectivity index (χ1n) is 14.4. The predicted octanol–water partition coefficient (Wildman–Crippen LogP) is 4.26. The number of carbonyl (C=O) groups is 1. The van der Waals surface area contributed by atoms with E-state index in [1.165, 1.54) is 5.56 Å². The quantitative estimate of drug-likeness (QED) is 0.385. The summed E-state index contributed by atoms with van der Waals surface area (Å²) >= 11 is 0. The molecule has 3 fully saturated rings. The first-order chi connectivity index (χ1) is 18.5. The summed E-state index contributed by atoms with van der Waals surface area (Å²) in [5.74, 6) is 0.396. The lowest BCUT2D eigenvalue weighted by Gasteiger charge is -2.40. The van der Waals surface area contributed by atoms with Crippen molar-refractivity contribution in [2.75, 3.05) is 45.0 Å². The van der Waals surface area contributed by atoms with Crippen molar-refractivity contribution >= 4 is 11.6 Å². The minimum atomic E-state index is -1.00. The average molecular weight is 517 g/mol. The zero-order chi connectivity index (χ0) is 26.5. The highest BCUT2D eigenvalue weighted by Crippen LogP contribution is 2.40. The molecule has 2 atom stereocenters. The van der Waals surface area contributed by atoms with Gasteiger partial charge in [0.2, 0.25) is 5.91 Å². The van der Waals surface area contributed by atoms with Gasteiger partial charge >= 0.3 is 0 Å². The van der Waals surface area contributed by atoms with Crippen molar-refractivity contribution in [1.82, 2.24) is 14.7 Å². The van der Waals surface area contributed by atoms with Gasteiger partial charge in [-0.05, 0) is 62.0 Å². The van der Waals surface area contributed by atoms with E-state index >= 15 is 0 Å². The number of anilines is 1. The highest BCUT2D eigenvalue weighted by Gasteiger charge is 2.49. The predicted molar refractivity (Wildman–Crippen MR) is 153 cm³/mol. The Labute approximate surface area is 228 Å². The third kappa shape index (κ3) is 5.98. The largest absolute Gasteiger partial charge is 0.399 e. The summed E-state index contributed by atoms with van der Waals surface area (Å²) in [6, 6.07) is 18.7. The summed E-state index contributed by atoms with van der Waals surface area (Å²) < 4.78 is 0. The zero-order valence-electron chi connectivity index (χ0n) is 22.7. The minimum Gasteiger partial charge on any atom is -0.399 e. The Balaban J connectivity index is 1.23. The Morgan fingerprint density at radius 3 is 2.39 bits per heavy atom. The summed E-state index contributed by atoms with van der Waals surface area (Å²) in [4.78, 5) is 20.3. The van der Waals surface area contributed by atoms with Gasteiger partial charge in [-0.3, -0.25) is 9.69 Å². The van der Waals surface area contributed by atoms with Gasteiger partial charge in [-0.1, -0.05) is 61.4 Å². The number of nitrogens with zero attached hydrogens (tertiary/aromatic N) is 3. The van der Waals surface area contributed by atoms with E-state index < -0.39 is 5.60 Å². The summed E-state index contributed by atoms with van der Waals surface area (Å²) in [5.41, 5.74) is 7.88. The van der Waals surface area contributed by atoms with Crippen LogP contribution in [0, 0.1) is 11.8 Å². The van der Waals surface area contributed by atoms with Gasteiger partial charge in [-0.2, -0.15) is 0 Å². The lowest BCUT2D eigenvalue weighted by atomic mass is 9.83. The number of carbonyl (C=O) groups excluding carboxylic acids is 1. The number of rotatable bonds is 9. The highest BCUT2D eigenvalue weighted by molar-refractivity contribution is 5.79. The fraction of sp³-hybridized carbons (Fsp3) is 0.531. The van der Waals surface area contributed by atoms with Gasteiger partial charge in [0.15, 0.2) is 0 Å². The Hall–Kier alpha value is -2.67. The van der Waals surface area contributed by atoms with E-state index in [0.29, 0.717) is 19.1 Å². The average Bonchev–Trinajstić information content (AvgIpc) is 3.60. The number of piperidine rings is 1. The third-order valence-electron chi connectivity index (χ3n) is 9.12. The van der Waals surface area contributed by atoms with Crippen molar-refractivity contribution in [3.63, 3.8) is 0 Å². The molecule has 0 unspecified atom stereocenters. The van der Waals surface area contributed by atoms with Crippen LogP contribution in [0.2, 0.25) is 0 Å². The molecule has 204 valence electrons. The lowest BCUT2D eigenvalue weighted by molar-refractivity contribution is -0.135. The maximum absolute atomic E-state index is 13.3. The molecule has 2 aliphatic heterocycles. The molecule has 2 saturated heterocycles. The Kier molecular flexibility index (Phi) is 8.51. The van der Waals surface area contributed by atoms with Crippen LogP contribution in [0.3, 0.4) is 0 Å². The molecule has 1 saturated carbocycles. The number of aliphatic hydroxyl groups is 1. The second kappa shape index (κ2) is 12.0. The molecule has 38 heavy (non-hydrogen) atoms. The molecule has 3 N–H and O–H groups in total. The molecule has 2 aromatic rings. The number of nitrogen functional groups attached to an aromatic ring is 1. The number of nitrogens with two attached hydrogens (primary N) is 1. The summed E-state index contributed by atoms with van der Waals surface area (Å²) in [6.45, 7) is 9.61. The number of likely N-dealkylation sites (tertiary alicyclic amines) is 2. The van der Waals surface area contributed by atoms with E-state index in [9.17, 15) is 9.90 Å². The van der Waals surface area contributed by atoms with Crippen LogP contribution in [-0.4, -0.2) is 71.0 Å². The summed E-state index contributed by atoms with van der Waals surface area (Å²) in [6.07, 6.45) is 8.45. The van der Waals surface area contributed by atoms with Crippen LogP contribution in [0.4, 0.5) is 5.69 Å². The Morgan fingerprint density at radius 2 is 1.74 bits per heavy atom. The lowest BCUT2D eigenvalue weighted by Crippen LogP contribution is -2.48. The zero-order valence-corrected chi connectivity index (χ0v) is 22.7. The van der Waals surface area contributed by atoms with E-state index in [-0.39, 0.29) is 17.7 Å². The summed E-state index contributed by atoms with van der Waals surface area (Å²) in [7, 11) is 0. The van der Waals surface area contributed by atoms with Gasteiger partial charge in [-0.15, -0.1) is 6.58 Å². The number of hydrogen-bond donors (Lipinski definition) is 2. The van der Waals surface area contributed by atoms with Crippen molar-refractivity contribution in [1.29, 1.82) is 0 Å². The normalized spacial score (nSPS) is 25.3. The monoisotopic (exact) mass is 516 g/mol. The molecule has 1 aliphatic carbocycles. The molecule has 3 aliphatic rings. The molecular weight excluding hydrogens is 472 g/mol. The maximum Gasteiger partial charge on any atom is 0.225 e. The fourth-order valence-corrected chi connectivity index (χ4v) is 6.91. The van der Waals surface area contributed by atoms with Gasteiger partial charge in [-0.25, -0.2) is 0 Å². The molecular formula is C32H44N4O2. The number of β-amino-alcohol motifs (C(OH)–C–C–N with tert-alkyl or cyclic N) is 1. The van der Waals surface area contributed by atoms with Crippen LogP contribution in [0.15, 0.2) is 67.3 Å². The molecule has 5 rings (SSSR count). The summed E-state index contributed by atoms with van der Waals surface area (Å²) in [5, 5.41) is 12.1. The van der Waals surface area contributed by atoms with Gasteiger partial charge in [0, 0.05) is 49.7 Å². The number of hydrogen-bond acceptors (Lipinski definition) is 5. The van der Waals surface area contributed by atoms with E-state index in [1.807, 2.05) is 53.4 Å². The standard InChI is InChI=1S/C32H44N4O2/c1-2-18-35(21-25-12-14-29(33)15-13-25)30-16-19-34(20-17-30)22-28-23-36(31(37)26-8-6-7-9-26)24-32(28,38)27-10-4-3-5-11-27/h2-5,10-15,26,28,30,38H,1,6-9,16-24,33H2/t28-,32-/m0/s1. The van der Waals surface area contributed by atoms with Crippen molar-refractivity contribution in [2.45, 2.75) is 56.7 Å². The van der Waals surface area contributed by atoms with Crippen molar-refractivity contribution in [3.05, 3.63) is 78.4 Å². The van der Waals surface area contributed by atoms with Gasteiger partial charge in [0.1, 0.15) is 5.60 Å². The Morgan fingerprint density at radius 1 is 1.05 bits per heavy atom. The van der Waals surface area contributed by atoms with Crippen LogP contribution < -0.4 is 5.73 Å². The molecule has 1 amide bonds. The Bertz CT molecular complexity index is 1060. The van der Waals surface area contributed by atoms with Gasteiger partial charge in [0.25, 0.3) is 0 Å². The molecule has 0 aromatic heterocycles.